The van der Waals surface area contributed by atoms with Crippen LogP contribution in [0.4, 0.5) is 5.69 Å². The molecule has 0 amide bonds. The normalized spacial score (nSPS) is 17.6. The van der Waals surface area contributed by atoms with Crippen LogP contribution in [0.25, 0.3) is 0 Å². The third-order valence-corrected chi connectivity index (χ3v) is 3.18. The number of hydrogen-bond donors (Lipinski definition) is 0. The first-order chi connectivity index (χ1) is 10.3. The first-order valence-corrected chi connectivity index (χ1v) is 6.68. The van der Waals surface area contributed by atoms with Gasteiger partial charge in [-0.05, 0) is 29.8 Å². The van der Waals surface area contributed by atoms with Crippen LogP contribution in [0.15, 0.2) is 70.0 Å². The minimum atomic E-state index is -0.0731. The second kappa shape index (κ2) is 6.17. The number of rotatable bonds is 3. The Hall–Kier alpha value is -2.69. The molecule has 1 unspecified atom stereocenters. The van der Waals surface area contributed by atoms with Gasteiger partial charge in [-0.15, -0.1) is 10.2 Å². The lowest BCUT2D eigenvalue weighted by atomic mass is 10.1. The van der Waals surface area contributed by atoms with Crippen molar-refractivity contribution in [3.63, 3.8) is 0 Å². The van der Waals surface area contributed by atoms with Crippen molar-refractivity contribution < 1.29 is 9.57 Å². The Morgan fingerprint density at radius 1 is 1.05 bits per heavy atom. The minimum Gasteiger partial charge on any atom is -0.497 e. The van der Waals surface area contributed by atoms with Crippen molar-refractivity contribution in [3.05, 3.63) is 60.2 Å². The molecule has 0 spiro atoms. The van der Waals surface area contributed by atoms with E-state index in [1.54, 1.807) is 7.11 Å². The monoisotopic (exact) mass is 281 g/mol. The van der Waals surface area contributed by atoms with E-state index in [1.165, 1.54) is 0 Å². The zero-order chi connectivity index (χ0) is 14.5. The fourth-order valence-electron chi connectivity index (χ4n) is 2.03. The standard InChI is InChI=1S/C16H15N3O2/c1-20-14-9-7-13(8-10-14)17-18-16-11-15(21-19-16)12-5-3-2-4-6-12/h2-10,15H,11H2,1H3. The lowest BCUT2D eigenvalue weighted by molar-refractivity contribution is 0.0857. The molecule has 0 saturated heterocycles. The molecule has 0 saturated carbocycles. The molecule has 1 aliphatic heterocycles. The number of methoxy groups -OCH3 is 1. The third-order valence-electron chi connectivity index (χ3n) is 3.18. The van der Waals surface area contributed by atoms with Gasteiger partial charge in [0.1, 0.15) is 5.75 Å². The van der Waals surface area contributed by atoms with E-state index in [-0.39, 0.29) is 6.10 Å². The second-order valence-electron chi connectivity index (χ2n) is 4.61. The Labute approximate surface area is 122 Å². The van der Waals surface area contributed by atoms with Crippen LogP contribution >= 0.6 is 0 Å². The van der Waals surface area contributed by atoms with Crippen molar-refractivity contribution in [2.45, 2.75) is 12.5 Å². The summed E-state index contributed by atoms with van der Waals surface area (Å²) in [5.74, 6) is 1.39. The maximum atomic E-state index is 5.39. The highest BCUT2D eigenvalue weighted by molar-refractivity contribution is 5.83. The molecular formula is C16H15N3O2. The van der Waals surface area contributed by atoms with Crippen molar-refractivity contribution in [1.82, 2.24) is 0 Å². The molecule has 1 atom stereocenters. The van der Waals surface area contributed by atoms with Crippen LogP contribution in [0.1, 0.15) is 18.1 Å². The van der Waals surface area contributed by atoms with Crippen LogP contribution < -0.4 is 4.74 Å². The summed E-state index contributed by atoms with van der Waals surface area (Å²) in [5.41, 5.74) is 1.84. The van der Waals surface area contributed by atoms with E-state index in [2.05, 4.69) is 15.4 Å². The van der Waals surface area contributed by atoms with E-state index in [4.69, 9.17) is 9.57 Å². The van der Waals surface area contributed by atoms with Crippen LogP contribution in [0, 0.1) is 0 Å². The summed E-state index contributed by atoms with van der Waals surface area (Å²) < 4.78 is 5.09. The Kier molecular flexibility index (Phi) is 3.91. The largest absolute Gasteiger partial charge is 0.497 e. The second-order valence-corrected chi connectivity index (χ2v) is 4.61. The molecule has 21 heavy (non-hydrogen) atoms. The smallest absolute Gasteiger partial charge is 0.194 e. The molecule has 0 N–H and O–H groups in total. The van der Waals surface area contributed by atoms with E-state index in [0.29, 0.717) is 12.3 Å². The molecular weight excluding hydrogens is 266 g/mol. The minimum absolute atomic E-state index is 0.0731. The summed E-state index contributed by atoms with van der Waals surface area (Å²) in [6.07, 6.45) is 0.556. The van der Waals surface area contributed by atoms with Crippen molar-refractivity contribution in [1.29, 1.82) is 0 Å². The van der Waals surface area contributed by atoms with Gasteiger partial charge < -0.3 is 9.57 Å². The van der Waals surface area contributed by atoms with Crippen LogP contribution in [0.5, 0.6) is 5.75 Å². The molecule has 5 nitrogen and oxygen atoms in total. The fourth-order valence-corrected chi connectivity index (χ4v) is 2.03. The molecule has 0 aromatic heterocycles. The summed E-state index contributed by atoms with van der Waals surface area (Å²) in [6, 6.07) is 17.3. The summed E-state index contributed by atoms with van der Waals surface area (Å²) in [4.78, 5) is 5.39. The van der Waals surface area contributed by atoms with E-state index in [0.717, 1.165) is 17.0 Å². The van der Waals surface area contributed by atoms with Gasteiger partial charge in [0, 0.05) is 0 Å². The highest BCUT2D eigenvalue weighted by Gasteiger charge is 2.22. The Morgan fingerprint density at radius 3 is 2.52 bits per heavy atom. The van der Waals surface area contributed by atoms with Gasteiger partial charge in [0.15, 0.2) is 11.9 Å². The van der Waals surface area contributed by atoms with Gasteiger partial charge >= 0.3 is 0 Å². The molecule has 2 aromatic carbocycles. The molecule has 0 radical (unpaired) electrons. The third kappa shape index (κ3) is 3.25. The molecule has 0 bridgehead atoms. The quantitative estimate of drug-likeness (QED) is 0.789. The van der Waals surface area contributed by atoms with Gasteiger partial charge in [0.2, 0.25) is 0 Å². The van der Waals surface area contributed by atoms with Crippen LogP contribution in [-0.2, 0) is 4.84 Å². The highest BCUT2D eigenvalue weighted by atomic mass is 16.6. The van der Waals surface area contributed by atoms with E-state index in [9.17, 15) is 0 Å². The fraction of sp³-hybridized carbons (Fsp3) is 0.188. The molecule has 5 heteroatoms. The van der Waals surface area contributed by atoms with Crippen LogP contribution in [0.3, 0.4) is 0 Å². The van der Waals surface area contributed by atoms with Crippen molar-refractivity contribution >= 4 is 11.5 Å². The van der Waals surface area contributed by atoms with Gasteiger partial charge in [-0.3, -0.25) is 0 Å². The molecule has 0 fully saturated rings. The Bertz CT molecular complexity index is 651. The molecule has 0 aliphatic carbocycles. The summed E-state index contributed by atoms with van der Waals surface area (Å²) in [7, 11) is 1.63. The molecule has 106 valence electrons. The van der Waals surface area contributed by atoms with Crippen LogP contribution in [-0.4, -0.2) is 12.9 Å². The maximum absolute atomic E-state index is 5.39. The molecule has 3 rings (SSSR count). The zero-order valence-electron chi connectivity index (χ0n) is 11.6. The average Bonchev–Trinajstić information content (AvgIpc) is 3.03. The van der Waals surface area contributed by atoms with Crippen LogP contribution in [0.2, 0.25) is 0 Å². The van der Waals surface area contributed by atoms with Crippen molar-refractivity contribution in [2.24, 2.45) is 15.4 Å². The van der Waals surface area contributed by atoms with Gasteiger partial charge in [0.25, 0.3) is 0 Å². The molecule has 1 aliphatic rings. The van der Waals surface area contributed by atoms with Gasteiger partial charge in [-0.2, -0.15) is 0 Å². The number of amidine groups is 1. The Morgan fingerprint density at radius 2 is 1.81 bits per heavy atom. The molecule has 1 heterocycles. The number of oxime groups is 1. The van der Waals surface area contributed by atoms with Gasteiger partial charge in [-0.1, -0.05) is 35.5 Å². The SMILES string of the molecule is COc1ccc(N=NC2=NOC(c3ccccc3)C2)cc1. The number of ether oxygens (including phenoxy) is 1. The number of azo groups is 1. The van der Waals surface area contributed by atoms with Gasteiger partial charge in [0.05, 0.1) is 19.2 Å². The zero-order valence-corrected chi connectivity index (χ0v) is 11.6. The topological polar surface area (TPSA) is 55.5 Å². The predicted octanol–water partition coefficient (Wildman–Crippen LogP) is 4.25. The number of hydrogen-bond acceptors (Lipinski definition) is 5. The summed E-state index contributed by atoms with van der Waals surface area (Å²) in [6.45, 7) is 0. The van der Waals surface area contributed by atoms with E-state index < -0.39 is 0 Å². The lowest BCUT2D eigenvalue weighted by Gasteiger charge is -2.06. The first kappa shape index (κ1) is 13.3. The maximum Gasteiger partial charge on any atom is 0.194 e. The predicted molar refractivity (Wildman–Crippen MR) is 79.8 cm³/mol. The molecule has 2 aromatic rings. The van der Waals surface area contributed by atoms with Crippen molar-refractivity contribution in [2.75, 3.05) is 7.11 Å². The number of benzene rings is 2. The van der Waals surface area contributed by atoms with E-state index in [1.807, 2.05) is 54.6 Å². The summed E-state index contributed by atoms with van der Waals surface area (Å²) in [5, 5.41) is 12.3. The van der Waals surface area contributed by atoms with Crippen molar-refractivity contribution in [3.8, 4) is 5.75 Å². The van der Waals surface area contributed by atoms with E-state index >= 15 is 0 Å². The summed E-state index contributed by atoms with van der Waals surface area (Å²) >= 11 is 0. The lowest BCUT2D eigenvalue weighted by Crippen LogP contribution is -1.97. The average molecular weight is 281 g/mol. The Balaban J connectivity index is 1.62. The highest BCUT2D eigenvalue weighted by Crippen LogP contribution is 2.28. The van der Waals surface area contributed by atoms with Gasteiger partial charge in [-0.25, -0.2) is 0 Å². The number of nitrogens with zero attached hydrogens (tertiary/aromatic N) is 3. The first-order valence-electron chi connectivity index (χ1n) is 6.68.